The van der Waals surface area contributed by atoms with Gasteiger partial charge in [0.2, 0.25) is 10.0 Å². The Labute approximate surface area is 146 Å². The number of rotatable bonds is 0. The zero-order chi connectivity index (χ0) is 18.4. The summed E-state index contributed by atoms with van der Waals surface area (Å²) in [7, 11) is -3.79. The van der Waals surface area contributed by atoms with Gasteiger partial charge in [0.05, 0.1) is 11.7 Å². The number of hydrogen-bond acceptors (Lipinski definition) is 5. The van der Waals surface area contributed by atoms with E-state index in [0.717, 1.165) is 6.07 Å². The number of piperazine rings is 1. The van der Waals surface area contributed by atoms with E-state index < -0.39 is 27.5 Å². The van der Waals surface area contributed by atoms with Crippen molar-refractivity contribution in [3.8, 4) is 0 Å². The van der Waals surface area contributed by atoms with Gasteiger partial charge in [0.25, 0.3) is 0 Å². The van der Waals surface area contributed by atoms with Crippen LogP contribution >= 0.6 is 0 Å². The Hall–Kier alpha value is -1.87. The van der Waals surface area contributed by atoms with Crippen LogP contribution in [0.15, 0.2) is 23.1 Å². The van der Waals surface area contributed by atoms with Gasteiger partial charge in [-0.3, -0.25) is 0 Å². The van der Waals surface area contributed by atoms with Gasteiger partial charge < -0.3 is 14.5 Å². The Kier molecular flexibility index (Phi) is 4.40. The van der Waals surface area contributed by atoms with E-state index in [4.69, 9.17) is 4.74 Å². The third-order valence-electron chi connectivity index (χ3n) is 4.16. The molecule has 138 valence electrons. The first kappa shape index (κ1) is 17.9. The molecule has 0 aromatic heterocycles. The fraction of sp³-hybridized carbons (Fsp3) is 0.562. The van der Waals surface area contributed by atoms with E-state index in [-0.39, 0.29) is 17.5 Å². The van der Waals surface area contributed by atoms with Crippen LogP contribution in [0.25, 0.3) is 0 Å². The fourth-order valence-electron chi connectivity index (χ4n) is 3.06. The number of carbonyl (C=O) groups is 1. The highest BCUT2D eigenvalue weighted by atomic mass is 32.2. The third-order valence-corrected chi connectivity index (χ3v) is 5.62. The topological polar surface area (TPSA) is 79.0 Å². The molecule has 1 aromatic rings. The minimum atomic E-state index is -3.79. The van der Waals surface area contributed by atoms with Crippen molar-refractivity contribution in [2.24, 2.45) is 0 Å². The molecule has 7 nitrogen and oxygen atoms in total. The first-order valence-electron chi connectivity index (χ1n) is 8.11. The molecular formula is C16H22FN3O4S. The smallest absolute Gasteiger partial charge is 0.410 e. The highest BCUT2D eigenvalue weighted by Crippen LogP contribution is 2.31. The molecule has 1 atom stereocenters. The lowest BCUT2D eigenvalue weighted by Gasteiger charge is -2.42. The summed E-state index contributed by atoms with van der Waals surface area (Å²) in [6.45, 7) is 6.71. The second-order valence-corrected chi connectivity index (χ2v) is 8.97. The highest BCUT2D eigenvalue weighted by molar-refractivity contribution is 7.89. The number of halogens is 1. The summed E-state index contributed by atoms with van der Waals surface area (Å²) in [4.78, 5) is 15.7. The number of nitrogens with zero attached hydrogens (tertiary/aromatic N) is 2. The largest absolute Gasteiger partial charge is 0.444 e. The second kappa shape index (κ2) is 6.14. The Morgan fingerprint density at radius 1 is 1.32 bits per heavy atom. The van der Waals surface area contributed by atoms with E-state index in [2.05, 4.69) is 4.72 Å². The zero-order valence-corrected chi connectivity index (χ0v) is 15.3. The average molecular weight is 371 g/mol. The molecule has 1 unspecified atom stereocenters. The number of carbonyl (C=O) groups excluding carboxylic acids is 1. The zero-order valence-electron chi connectivity index (χ0n) is 14.5. The molecule has 1 amide bonds. The Balaban J connectivity index is 1.87. The molecule has 1 N–H and O–H groups in total. The third kappa shape index (κ3) is 3.72. The van der Waals surface area contributed by atoms with Crippen molar-refractivity contribution in [1.82, 2.24) is 9.62 Å². The van der Waals surface area contributed by atoms with Crippen LogP contribution in [0.3, 0.4) is 0 Å². The summed E-state index contributed by atoms with van der Waals surface area (Å²) < 4.78 is 46.2. The van der Waals surface area contributed by atoms with Crippen LogP contribution in [0.2, 0.25) is 0 Å². The summed E-state index contributed by atoms with van der Waals surface area (Å²) in [5.41, 5.74) is -0.135. The van der Waals surface area contributed by atoms with Gasteiger partial charge in [0, 0.05) is 26.2 Å². The monoisotopic (exact) mass is 371 g/mol. The molecule has 1 saturated heterocycles. The van der Waals surface area contributed by atoms with Gasteiger partial charge in [-0.25, -0.2) is 22.3 Å². The lowest BCUT2D eigenvalue weighted by atomic mass is 10.1. The Morgan fingerprint density at radius 2 is 2.04 bits per heavy atom. The molecule has 0 bridgehead atoms. The number of nitrogens with one attached hydrogen (secondary N) is 1. The molecule has 2 heterocycles. The predicted molar refractivity (Wildman–Crippen MR) is 90.5 cm³/mol. The van der Waals surface area contributed by atoms with Crippen molar-refractivity contribution in [3.63, 3.8) is 0 Å². The molecule has 9 heteroatoms. The van der Waals surface area contributed by atoms with E-state index in [1.165, 1.54) is 12.1 Å². The van der Waals surface area contributed by atoms with E-state index >= 15 is 0 Å². The second-order valence-electron chi connectivity index (χ2n) is 7.24. The number of hydrogen-bond donors (Lipinski definition) is 1. The van der Waals surface area contributed by atoms with Crippen molar-refractivity contribution in [2.75, 3.05) is 31.1 Å². The van der Waals surface area contributed by atoms with Crippen molar-refractivity contribution >= 4 is 21.8 Å². The molecule has 0 saturated carbocycles. The number of amides is 1. The van der Waals surface area contributed by atoms with Crippen LogP contribution in [0.4, 0.5) is 14.9 Å². The van der Waals surface area contributed by atoms with Crippen molar-refractivity contribution < 1.29 is 22.3 Å². The standard InChI is InChI=1S/C16H22FN3O4S/c1-16(2,3)24-15(21)19-6-7-20-12(10-19)9-18-25(22,23)14-8-11(17)4-5-13(14)20/h4-5,8,12,18H,6-7,9-10H2,1-3H3. The minimum absolute atomic E-state index is 0.0688. The van der Waals surface area contributed by atoms with Crippen LogP contribution in [-0.4, -0.2) is 57.2 Å². The maximum absolute atomic E-state index is 13.5. The number of fused-ring (bicyclic) bond motifs is 3. The lowest BCUT2D eigenvalue weighted by molar-refractivity contribution is 0.0216. The Bertz CT molecular complexity index is 791. The Morgan fingerprint density at radius 3 is 2.72 bits per heavy atom. The molecule has 2 aliphatic heterocycles. The van der Waals surface area contributed by atoms with Gasteiger partial charge in [-0.05, 0) is 39.0 Å². The first-order valence-corrected chi connectivity index (χ1v) is 9.59. The highest BCUT2D eigenvalue weighted by Gasteiger charge is 2.37. The molecule has 2 aliphatic rings. The molecular weight excluding hydrogens is 349 g/mol. The van der Waals surface area contributed by atoms with Crippen LogP contribution in [0.5, 0.6) is 0 Å². The van der Waals surface area contributed by atoms with Gasteiger partial charge >= 0.3 is 6.09 Å². The van der Waals surface area contributed by atoms with Gasteiger partial charge in [0.15, 0.2) is 0 Å². The molecule has 3 rings (SSSR count). The van der Waals surface area contributed by atoms with E-state index in [9.17, 15) is 17.6 Å². The van der Waals surface area contributed by atoms with Gasteiger partial charge in [-0.15, -0.1) is 0 Å². The van der Waals surface area contributed by atoms with E-state index in [0.29, 0.717) is 25.3 Å². The van der Waals surface area contributed by atoms with Crippen molar-refractivity contribution in [1.29, 1.82) is 0 Å². The van der Waals surface area contributed by atoms with E-state index in [1.54, 1.807) is 25.7 Å². The minimum Gasteiger partial charge on any atom is -0.444 e. The SMILES string of the molecule is CC(C)(C)OC(=O)N1CCN2c3ccc(F)cc3S(=O)(=O)NCC2C1. The molecule has 1 fully saturated rings. The summed E-state index contributed by atoms with van der Waals surface area (Å²) >= 11 is 0. The van der Waals surface area contributed by atoms with E-state index in [1.807, 2.05) is 4.90 Å². The summed E-state index contributed by atoms with van der Waals surface area (Å²) in [6, 6.07) is 3.51. The van der Waals surface area contributed by atoms with Gasteiger partial charge in [0.1, 0.15) is 16.3 Å². The maximum atomic E-state index is 13.5. The molecule has 0 radical (unpaired) electrons. The normalized spacial score (nSPS) is 22.6. The van der Waals surface area contributed by atoms with Crippen LogP contribution in [0, 0.1) is 5.82 Å². The molecule has 0 aliphatic carbocycles. The number of benzene rings is 1. The van der Waals surface area contributed by atoms with Gasteiger partial charge in [-0.2, -0.15) is 0 Å². The van der Waals surface area contributed by atoms with Crippen molar-refractivity contribution in [3.05, 3.63) is 24.0 Å². The summed E-state index contributed by atoms with van der Waals surface area (Å²) in [5.74, 6) is -0.602. The van der Waals surface area contributed by atoms with Crippen molar-refractivity contribution in [2.45, 2.75) is 37.3 Å². The number of ether oxygens (including phenoxy) is 1. The van der Waals surface area contributed by atoms with Crippen LogP contribution in [0.1, 0.15) is 20.8 Å². The fourth-order valence-corrected chi connectivity index (χ4v) is 4.36. The quantitative estimate of drug-likeness (QED) is 0.748. The van der Waals surface area contributed by atoms with Crippen LogP contribution < -0.4 is 9.62 Å². The number of anilines is 1. The lowest BCUT2D eigenvalue weighted by Crippen LogP contribution is -2.58. The molecule has 1 aromatic carbocycles. The first-order chi connectivity index (χ1) is 11.6. The van der Waals surface area contributed by atoms with Crippen LogP contribution in [-0.2, 0) is 14.8 Å². The number of sulfonamides is 1. The predicted octanol–water partition coefficient (Wildman–Crippen LogP) is 1.54. The molecule has 0 spiro atoms. The van der Waals surface area contributed by atoms with Gasteiger partial charge in [-0.1, -0.05) is 0 Å². The molecule has 25 heavy (non-hydrogen) atoms. The maximum Gasteiger partial charge on any atom is 0.410 e. The average Bonchev–Trinajstić information content (AvgIpc) is 2.61. The summed E-state index contributed by atoms with van der Waals surface area (Å²) in [5, 5.41) is 0. The summed E-state index contributed by atoms with van der Waals surface area (Å²) in [6.07, 6.45) is -0.418.